The zero-order chi connectivity index (χ0) is 23.7. The number of benzene rings is 3. The summed E-state index contributed by atoms with van der Waals surface area (Å²) < 4.78 is 7.70. The summed E-state index contributed by atoms with van der Waals surface area (Å²) in [5.74, 6) is 1.19. The molecule has 0 bridgehead atoms. The molecule has 1 aromatic heterocycles. The predicted octanol–water partition coefficient (Wildman–Crippen LogP) is 4.95. The van der Waals surface area contributed by atoms with Gasteiger partial charge in [0.15, 0.2) is 5.82 Å². The average Bonchev–Trinajstić information content (AvgIpc) is 3.26. The van der Waals surface area contributed by atoms with Crippen molar-refractivity contribution in [3.63, 3.8) is 0 Å². The summed E-state index contributed by atoms with van der Waals surface area (Å²) in [4.78, 5) is 17.1. The van der Waals surface area contributed by atoms with Crippen molar-refractivity contribution in [2.75, 3.05) is 5.32 Å². The third-order valence-electron chi connectivity index (χ3n) is 5.64. The molecular weight excluding hydrogens is 450 g/mol. The highest BCUT2D eigenvalue weighted by molar-refractivity contribution is 6.30. The molecule has 2 heterocycles. The van der Waals surface area contributed by atoms with Gasteiger partial charge in [0.2, 0.25) is 11.9 Å². The lowest BCUT2D eigenvalue weighted by Gasteiger charge is -2.27. The van der Waals surface area contributed by atoms with Crippen molar-refractivity contribution in [3.8, 4) is 17.1 Å². The van der Waals surface area contributed by atoms with Crippen molar-refractivity contribution < 1.29 is 9.53 Å². The number of carbonyl (C=O) groups excluding carboxylic acids is 1. The molecule has 0 fully saturated rings. The molecule has 0 saturated heterocycles. The Bertz CT molecular complexity index is 1380. The number of allylic oxidation sites excluding steroid dienone is 1. The summed E-state index contributed by atoms with van der Waals surface area (Å²) in [6, 6.07) is 24.3. The minimum Gasteiger partial charge on any atom is -0.489 e. The van der Waals surface area contributed by atoms with E-state index in [0.29, 0.717) is 40.4 Å². The summed E-state index contributed by atoms with van der Waals surface area (Å²) >= 11 is 6.03. The van der Waals surface area contributed by atoms with Crippen LogP contribution in [0.1, 0.15) is 24.1 Å². The normalized spacial score (nSPS) is 14.9. The maximum absolute atomic E-state index is 12.5. The summed E-state index contributed by atoms with van der Waals surface area (Å²) in [5.41, 5.74) is 9.55. The van der Waals surface area contributed by atoms with Gasteiger partial charge in [0.1, 0.15) is 18.4 Å². The zero-order valence-electron chi connectivity index (χ0n) is 18.4. The van der Waals surface area contributed by atoms with E-state index in [4.69, 9.17) is 27.2 Å². The van der Waals surface area contributed by atoms with Crippen LogP contribution in [0.2, 0.25) is 5.02 Å². The maximum atomic E-state index is 12.5. The molecule has 0 radical (unpaired) electrons. The molecule has 170 valence electrons. The molecule has 0 aliphatic carbocycles. The van der Waals surface area contributed by atoms with E-state index in [1.807, 2.05) is 73.7 Å². The second-order valence-corrected chi connectivity index (χ2v) is 8.42. The minimum absolute atomic E-state index is 0.417. The first-order valence-electron chi connectivity index (χ1n) is 10.8. The Kier molecular flexibility index (Phi) is 5.77. The third-order valence-corrected chi connectivity index (χ3v) is 5.89. The van der Waals surface area contributed by atoms with Gasteiger partial charge in [-0.1, -0.05) is 54.1 Å². The van der Waals surface area contributed by atoms with Gasteiger partial charge in [-0.3, -0.25) is 4.79 Å². The van der Waals surface area contributed by atoms with E-state index in [1.54, 1.807) is 16.8 Å². The molecule has 8 heteroatoms. The highest BCUT2D eigenvalue weighted by atomic mass is 35.5. The van der Waals surface area contributed by atoms with Crippen LogP contribution in [0.25, 0.3) is 11.4 Å². The van der Waals surface area contributed by atoms with Crippen LogP contribution in [0.3, 0.4) is 0 Å². The Labute approximate surface area is 201 Å². The monoisotopic (exact) mass is 471 g/mol. The van der Waals surface area contributed by atoms with E-state index < -0.39 is 11.9 Å². The fourth-order valence-electron chi connectivity index (χ4n) is 4.01. The lowest BCUT2D eigenvalue weighted by molar-refractivity contribution is -0.115. The standard InChI is InChI=1S/C26H22ClN5O2/c1-16-22(24(28)33)23(19-8-5-9-21(14-19)34-15-17-6-3-2-4-7-17)32-26(29-16)30-25(31-32)18-10-12-20(27)13-11-18/h2-14,23H,15H2,1H3,(H2,28,33)(H,29,30,31)/t23-/m0/s1. The number of ether oxygens (including phenoxy) is 1. The number of fused-ring (bicyclic) bond motifs is 1. The van der Waals surface area contributed by atoms with Crippen LogP contribution in [0, 0.1) is 0 Å². The fourth-order valence-corrected chi connectivity index (χ4v) is 4.14. The third kappa shape index (κ3) is 4.25. The second-order valence-electron chi connectivity index (χ2n) is 7.99. The zero-order valence-corrected chi connectivity index (χ0v) is 19.2. The van der Waals surface area contributed by atoms with Crippen LogP contribution < -0.4 is 15.8 Å². The van der Waals surface area contributed by atoms with Crippen LogP contribution in [0.4, 0.5) is 5.95 Å². The molecule has 3 N–H and O–H groups in total. The molecule has 1 amide bonds. The Morgan fingerprint density at radius 1 is 1.09 bits per heavy atom. The quantitative estimate of drug-likeness (QED) is 0.414. The van der Waals surface area contributed by atoms with Crippen molar-refractivity contribution in [1.82, 2.24) is 14.8 Å². The van der Waals surface area contributed by atoms with Crippen molar-refractivity contribution in [2.24, 2.45) is 5.73 Å². The molecule has 0 unspecified atom stereocenters. The first-order chi connectivity index (χ1) is 16.5. The highest BCUT2D eigenvalue weighted by Crippen LogP contribution is 2.37. The molecule has 4 aromatic rings. The van der Waals surface area contributed by atoms with Gasteiger partial charge in [0.25, 0.3) is 0 Å². The fraction of sp³-hybridized carbons (Fsp3) is 0.115. The smallest absolute Gasteiger partial charge is 0.248 e. The number of primary amides is 1. The summed E-state index contributed by atoms with van der Waals surface area (Å²) in [6.45, 7) is 2.24. The molecule has 3 aromatic carbocycles. The molecule has 7 nitrogen and oxygen atoms in total. The van der Waals surface area contributed by atoms with Gasteiger partial charge in [0, 0.05) is 16.3 Å². The van der Waals surface area contributed by atoms with Crippen LogP contribution in [-0.2, 0) is 11.4 Å². The van der Waals surface area contributed by atoms with Gasteiger partial charge in [0.05, 0.1) is 5.57 Å². The van der Waals surface area contributed by atoms with Gasteiger partial charge in [-0.2, -0.15) is 4.98 Å². The number of rotatable bonds is 6. The van der Waals surface area contributed by atoms with Gasteiger partial charge < -0.3 is 15.8 Å². The number of aromatic nitrogens is 3. The Balaban J connectivity index is 1.53. The van der Waals surface area contributed by atoms with Gasteiger partial charge in [-0.05, 0) is 54.4 Å². The number of anilines is 1. The first kappa shape index (κ1) is 21.7. The Hall–Kier alpha value is -4.10. The number of nitrogens with one attached hydrogen (secondary N) is 1. The summed E-state index contributed by atoms with van der Waals surface area (Å²) in [7, 11) is 0. The number of nitrogens with zero attached hydrogens (tertiary/aromatic N) is 3. The molecule has 34 heavy (non-hydrogen) atoms. The molecule has 0 spiro atoms. The van der Waals surface area contributed by atoms with E-state index in [1.165, 1.54) is 0 Å². The molecule has 1 aliphatic heterocycles. The Morgan fingerprint density at radius 3 is 2.59 bits per heavy atom. The van der Waals surface area contributed by atoms with Crippen molar-refractivity contribution in [2.45, 2.75) is 19.6 Å². The van der Waals surface area contributed by atoms with Gasteiger partial charge in [-0.25, -0.2) is 4.68 Å². The summed E-state index contributed by atoms with van der Waals surface area (Å²) in [5, 5.41) is 8.51. The first-order valence-corrected chi connectivity index (χ1v) is 11.1. The lowest BCUT2D eigenvalue weighted by atomic mass is 9.95. The van der Waals surface area contributed by atoms with Crippen molar-refractivity contribution >= 4 is 23.5 Å². The number of amides is 1. The van der Waals surface area contributed by atoms with Crippen LogP contribution in [0.15, 0.2) is 90.1 Å². The van der Waals surface area contributed by atoms with Gasteiger partial charge in [-0.15, -0.1) is 5.10 Å². The second kappa shape index (κ2) is 9.03. The van der Waals surface area contributed by atoms with E-state index in [9.17, 15) is 4.79 Å². The average molecular weight is 472 g/mol. The SMILES string of the molecule is CC1=C(C(N)=O)[C@H](c2cccc(OCc3ccccc3)c2)n2nc(-c3ccc(Cl)cc3)nc2N1. The van der Waals surface area contributed by atoms with Gasteiger partial charge >= 0.3 is 0 Å². The number of carbonyl (C=O) groups is 1. The predicted molar refractivity (Wildman–Crippen MR) is 131 cm³/mol. The van der Waals surface area contributed by atoms with Crippen molar-refractivity contribution in [3.05, 3.63) is 106 Å². The maximum Gasteiger partial charge on any atom is 0.248 e. The number of hydrogen-bond donors (Lipinski definition) is 2. The van der Waals surface area contributed by atoms with Crippen LogP contribution in [0.5, 0.6) is 5.75 Å². The Morgan fingerprint density at radius 2 is 1.85 bits per heavy atom. The molecule has 1 atom stereocenters. The minimum atomic E-state index is -0.553. The van der Waals surface area contributed by atoms with E-state index in [-0.39, 0.29) is 0 Å². The highest BCUT2D eigenvalue weighted by Gasteiger charge is 2.33. The molecule has 5 rings (SSSR count). The molecular formula is C26H22ClN5O2. The lowest BCUT2D eigenvalue weighted by Crippen LogP contribution is -2.31. The summed E-state index contributed by atoms with van der Waals surface area (Å²) in [6.07, 6.45) is 0. The van der Waals surface area contributed by atoms with E-state index in [2.05, 4.69) is 10.3 Å². The molecule has 1 aliphatic rings. The van der Waals surface area contributed by atoms with Crippen LogP contribution >= 0.6 is 11.6 Å². The molecule has 0 saturated carbocycles. The van der Waals surface area contributed by atoms with Crippen molar-refractivity contribution in [1.29, 1.82) is 0 Å². The van der Waals surface area contributed by atoms with E-state index in [0.717, 1.165) is 16.7 Å². The number of hydrogen-bond acceptors (Lipinski definition) is 5. The van der Waals surface area contributed by atoms with Crippen LogP contribution in [-0.4, -0.2) is 20.7 Å². The topological polar surface area (TPSA) is 95.1 Å². The largest absolute Gasteiger partial charge is 0.489 e. The number of nitrogens with two attached hydrogens (primary N) is 1. The van der Waals surface area contributed by atoms with E-state index >= 15 is 0 Å². The number of halogens is 1.